The molecule has 152 valence electrons. The summed E-state index contributed by atoms with van der Waals surface area (Å²) in [5, 5.41) is 11.1. The Labute approximate surface area is 169 Å². The molecule has 0 spiro atoms. The maximum atomic E-state index is 11.1. The van der Waals surface area contributed by atoms with E-state index in [-0.39, 0.29) is 16.9 Å². The predicted octanol–water partition coefficient (Wildman–Crippen LogP) is 3.39. The fourth-order valence-corrected chi connectivity index (χ4v) is 4.11. The van der Waals surface area contributed by atoms with Crippen molar-refractivity contribution in [3.8, 4) is 5.75 Å². The fraction of sp³-hybridized carbons (Fsp3) is 0.542. The van der Waals surface area contributed by atoms with Crippen molar-refractivity contribution >= 4 is 0 Å². The summed E-state index contributed by atoms with van der Waals surface area (Å²) < 4.78 is 5.62. The molecule has 4 nitrogen and oxygen atoms in total. The quantitative estimate of drug-likeness (QED) is 0.854. The van der Waals surface area contributed by atoms with E-state index in [2.05, 4.69) is 70.8 Å². The van der Waals surface area contributed by atoms with Crippen molar-refractivity contribution in [1.82, 2.24) is 4.98 Å². The number of phenols is 1. The monoisotopic (exact) mass is 383 g/mol. The average Bonchev–Trinajstić information content (AvgIpc) is 2.63. The zero-order valence-corrected chi connectivity index (χ0v) is 18.2. The van der Waals surface area contributed by atoms with E-state index in [1.54, 1.807) is 0 Å². The van der Waals surface area contributed by atoms with E-state index >= 15 is 0 Å². The lowest BCUT2D eigenvalue weighted by atomic mass is 9.77. The highest BCUT2D eigenvalue weighted by Crippen LogP contribution is 2.41. The maximum absolute atomic E-state index is 11.1. The second kappa shape index (κ2) is 7.84. The van der Waals surface area contributed by atoms with Gasteiger partial charge in [-0.15, -0.1) is 0 Å². The molecule has 3 rings (SSSR count). The Bertz CT molecular complexity index is 763. The standard InChI is InChI=1S/C24H34N2O2/c1-23(2,3)19-15-18(16-20(22(19)27)24(4,5)6)21(17-7-9-25-10-8-17)26-11-13-28-14-12-26/h7-10,15-16,21,27H,11-14H2,1-6H3/p+1/t21-/m1/s1. The normalized spacial score (nSPS) is 17.5. The number of nitrogens with one attached hydrogen (secondary N) is 1. The summed E-state index contributed by atoms with van der Waals surface area (Å²) in [5.41, 5.74) is 4.28. The number of hydrogen-bond donors (Lipinski definition) is 2. The molecule has 4 heteroatoms. The number of hydrogen-bond acceptors (Lipinski definition) is 3. The molecule has 0 saturated carbocycles. The number of morpholine rings is 1. The van der Waals surface area contributed by atoms with E-state index in [9.17, 15) is 5.11 Å². The van der Waals surface area contributed by atoms with Crippen molar-refractivity contribution in [2.75, 3.05) is 26.3 Å². The van der Waals surface area contributed by atoms with Crippen LogP contribution in [0.2, 0.25) is 0 Å². The molecule has 2 heterocycles. The van der Waals surface area contributed by atoms with Crippen molar-refractivity contribution in [3.63, 3.8) is 0 Å². The third-order valence-corrected chi connectivity index (χ3v) is 5.66. The molecule has 0 unspecified atom stereocenters. The van der Waals surface area contributed by atoms with Crippen molar-refractivity contribution < 1.29 is 14.7 Å². The highest BCUT2D eigenvalue weighted by molar-refractivity contribution is 5.51. The van der Waals surface area contributed by atoms with Crippen LogP contribution >= 0.6 is 0 Å². The number of rotatable bonds is 3. The molecule has 1 aliphatic rings. The lowest BCUT2D eigenvalue weighted by Gasteiger charge is -2.34. The molecule has 28 heavy (non-hydrogen) atoms. The van der Waals surface area contributed by atoms with Crippen LogP contribution in [0.3, 0.4) is 0 Å². The summed E-state index contributed by atoms with van der Waals surface area (Å²) in [4.78, 5) is 5.72. The van der Waals surface area contributed by atoms with Crippen molar-refractivity contribution in [2.24, 2.45) is 0 Å². The van der Waals surface area contributed by atoms with Crippen LogP contribution in [0.1, 0.15) is 69.8 Å². The number of aromatic hydroxyl groups is 1. The topological polar surface area (TPSA) is 46.8 Å². The van der Waals surface area contributed by atoms with Crippen molar-refractivity contribution in [3.05, 3.63) is 58.9 Å². The van der Waals surface area contributed by atoms with E-state index in [0.29, 0.717) is 5.75 Å². The van der Waals surface area contributed by atoms with E-state index in [1.165, 1.54) is 16.0 Å². The van der Waals surface area contributed by atoms with Gasteiger partial charge in [0.1, 0.15) is 24.9 Å². The molecular formula is C24H35N2O2+. The Morgan fingerprint density at radius 3 is 1.86 bits per heavy atom. The SMILES string of the molecule is CC(C)(C)c1cc([C@@H](c2ccncc2)[NH+]2CCOCC2)cc(C(C)(C)C)c1O. The van der Waals surface area contributed by atoms with Crippen LogP contribution in [0.5, 0.6) is 5.75 Å². The van der Waals surface area contributed by atoms with Crippen molar-refractivity contribution in [1.29, 1.82) is 0 Å². The third kappa shape index (κ3) is 4.39. The summed E-state index contributed by atoms with van der Waals surface area (Å²) >= 11 is 0. The molecule has 0 radical (unpaired) electrons. The van der Waals surface area contributed by atoms with Gasteiger partial charge in [-0.05, 0) is 35.1 Å². The molecule has 1 aromatic carbocycles. The van der Waals surface area contributed by atoms with Gasteiger partial charge in [-0.1, -0.05) is 41.5 Å². The summed E-state index contributed by atoms with van der Waals surface area (Å²) in [6.45, 7) is 16.5. The molecule has 1 saturated heterocycles. The maximum Gasteiger partial charge on any atom is 0.139 e. The van der Waals surface area contributed by atoms with E-state index in [1.807, 2.05) is 12.4 Å². The Morgan fingerprint density at radius 2 is 1.39 bits per heavy atom. The first-order valence-electron chi connectivity index (χ1n) is 10.3. The second-order valence-corrected chi connectivity index (χ2v) is 9.95. The van der Waals surface area contributed by atoms with Crippen LogP contribution in [0.15, 0.2) is 36.7 Å². The third-order valence-electron chi connectivity index (χ3n) is 5.66. The summed E-state index contributed by atoms with van der Waals surface area (Å²) in [5.74, 6) is 0.439. The number of aromatic nitrogens is 1. The van der Waals surface area contributed by atoms with Gasteiger partial charge in [0.2, 0.25) is 0 Å². The van der Waals surface area contributed by atoms with E-state index < -0.39 is 0 Å². The van der Waals surface area contributed by atoms with Gasteiger partial charge in [0.25, 0.3) is 0 Å². The number of nitrogens with zero attached hydrogens (tertiary/aromatic N) is 1. The first kappa shape index (κ1) is 20.8. The molecule has 0 amide bonds. The van der Waals surface area contributed by atoms with E-state index in [4.69, 9.17) is 4.74 Å². The van der Waals surface area contributed by atoms with Gasteiger partial charge in [0, 0.05) is 34.6 Å². The number of benzene rings is 1. The Kier molecular flexibility index (Phi) is 5.83. The van der Waals surface area contributed by atoms with Crippen LogP contribution in [0, 0.1) is 0 Å². The zero-order valence-electron chi connectivity index (χ0n) is 18.2. The number of quaternary nitrogens is 1. The molecule has 0 aliphatic carbocycles. The summed E-state index contributed by atoms with van der Waals surface area (Å²) in [7, 11) is 0. The molecule has 1 atom stereocenters. The smallest absolute Gasteiger partial charge is 0.139 e. The van der Waals surface area contributed by atoms with Gasteiger partial charge in [-0.2, -0.15) is 0 Å². The molecule has 1 fully saturated rings. The molecular weight excluding hydrogens is 348 g/mol. The van der Waals surface area contributed by atoms with Crippen LogP contribution in [-0.4, -0.2) is 36.4 Å². The molecule has 0 bridgehead atoms. The van der Waals surface area contributed by atoms with Gasteiger partial charge in [-0.25, -0.2) is 0 Å². The molecule has 2 N–H and O–H groups in total. The fourth-order valence-electron chi connectivity index (χ4n) is 4.11. The minimum absolute atomic E-state index is 0.136. The lowest BCUT2D eigenvalue weighted by Crippen LogP contribution is -3.14. The van der Waals surface area contributed by atoms with Crippen LogP contribution in [-0.2, 0) is 15.6 Å². The molecule has 1 aliphatic heterocycles. The highest BCUT2D eigenvalue weighted by Gasteiger charge is 2.33. The van der Waals surface area contributed by atoms with Gasteiger partial charge < -0.3 is 14.7 Å². The van der Waals surface area contributed by atoms with Crippen LogP contribution in [0.25, 0.3) is 0 Å². The summed E-state index contributed by atoms with van der Waals surface area (Å²) in [6, 6.07) is 8.88. The molecule has 1 aromatic heterocycles. The van der Waals surface area contributed by atoms with Gasteiger partial charge in [0.15, 0.2) is 0 Å². The van der Waals surface area contributed by atoms with Gasteiger partial charge in [-0.3, -0.25) is 4.98 Å². The largest absolute Gasteiger partial charge is 0.507 e. The Hall–Kier alpha value is -1.91. The Balaban J connectivity index is 2.21. The average molecular weight is 384 g/mol. The first-order chi connectivity index (χ1) is 13.1. The number of phenolic OH excluding ortho intramolecular Hbond substituents is 1. The Morgan fingerprint density at radius 1 is 0.893 bits per heavy atom. The second-order valence-electron chi connectivity index (χ2n) is 9.95. The van der Waals surface area contributed by atoms with Gasteiger partial charge in [0.05, 0.1) is 13.2 Å². The highest BCUT2D eigenvalue weighted by atomic mass is 16.5. The minimum atomic E-state index is -0.136. The van der Waals surface area contributed by atoms with Crippen LogP contribution < -0.4 is 4.90 Å². The lowest BCUT2D eigenvalue weighted by molar-refractivity contribution is -0.933. The molecule has 2 aromatic rings. The van der Waals surface area contributed by atoms with Crippen molar-refractivity contribution in [2.45, 2.75) is 58.4 Å². The van der Waals surface area contributed by atoms with E-state index in [0.717, 1.165) is 37.4 Å². The summed E-state index contributed by atoms with van der Waals surface area (Å²) in [6.07, 6.45) is 3.75. The van der Waals surface area contributed by atoms with Crippen LogP contribution in [0.4, 0.5) is 0 Å². The number of pyridine rings is 1. The van der Waals surface area contributed by atoms with Gasteiger partial charge >= 0.3 is 0 Å². The zero-order chi connectivity index (χ0) is 20.5. The minimum Gasteiger partial charge on any atom is -0.507 e. The number of ether oxygens (including phenoxy) is 1. The predicted molar refractivity (Wildman–Crippen MR) is 113 cm³/mol. The first-order valence-corrected chi connectivity index (χ1v) is 10.3.